The first-order valence-electron chi connectivity index (χ1n) is 6.11. The van der Waals surface area contributed by atoms with Crippen molar-refractivity contribution in [2.45, 2.75) is 13.0 Å². The zero-order chi connectivity index (χ0) is 14.5. The number of benzene rings is 1. The standard InChI is InChI=1S/C14H16FN3O2/c1-9(10-4-6-11(15)7-5-10)16-14-17-12(19-2)8-13(18-14)20-3/h4-9H,1-3H3,(H,16,17,18). The van der Waals surface area contributed by atoms with Crippen LogP contribution in [0.25, 0.3) is 0 Å². The van der Waals surface area contributed by atoms with E-state index in [2.05, 4.69) is 15.3 Å². The van der Waals surface area contributed by atoms with Crippen LogP contribution in [0.4, 0.5) is 10.3 Å². The van der Waals surface area contributed by atoms with Gasteiger partial charge in [0.2, 0.25) is 17.7 Å². The Morgan fingerprint density at radius 1 is 1.05 bits per heavy atom. The minimum atomic E-state index is -0.264. The van der Waals surface area contributed by atoms with Crippen molar-refractivity contribution < 1.29 is 13.9 Å². The second-order valence-corrected chi connectivity index (χ2v) is 4.19. The van der Waals surface area contributed by atoms with E-state index in [9.17, 15) is 4.39 Å². The molecule has 0 spiro atoms. The number of nitrogens with one attached hydrogen (secondary N) is 1. The molecule has 1 atom stereocenters. The number of halogens is 1. The van der Waals surface area contributed by atoms with Crippen LogP contribution in [0.2, 0.25) is 0 Å². The number of rotatable bonds is 5. The second-order valence-electron chi connectivity index (χ2n) is 4.19. The molecule has 6 heteroatoms. The van der Waals surface area contributed by atoms with E-state index in [1.54, 1.807) is 18.2 Å². The van der Waals surface area contributed by atoms with Crippen LogP contribution >= 0.6 is 0 Å². The van der Waals surface area contributed by atoms with Crippen molar-refractivity contribution in [3.05, 3.63) is 41.7 Å². The van der Waals surface area contributed by atoms with Gasteiger partial charge in [-0.15, -0.1) is 0 Å². The topological polar surface area (TPSA) is 56.3 Å². The van der Waals surface area contributed by atoms with Crippen LogP contribution in [0.1, 0.15) is 18.5 Å². The molecule has 0 saturated heterocycles. The highest BCUT2D eigenvalue weighted by Crippen LogP contribution is 2.21. The van der Waals surface area contributed by atoms with Gasteiger partial charge in [-0.3, -0.25) is 0 Å². The van der Waals surface area contributed by atoms with Gasteiger partial charge in [-0.1, -0.05) is 12.1 Å². The van der Waals surface area contributed by atoms with E-state index in [0.717, 1.165) is 5.56 Å². The fraction of sp³-hybridized carbons (Fsp3) is 0.286. The molecule has 0 bridgehead atoms. The molecule has 1 aromatic carbocycles. The third kappa shape index (κ3) is 3.34. The van der Waals surface area contributed by atoms with Gasteiger partial charge in [0.15, 0.2) is 0 Å². The molecule has 20 heavy (non-hydrogen) atoms. The fourth-order valence-corrected chi connectivity index (χ4v) is 1.71. The van der Waals surface area contributed by atoms with E-state index in [4.69, 9.17) is 9.47 Å². The summed E-state index contributed by atoms with van der Waals surface area (Å²) in [6.45, 7) is 1.93. The monoisotopic (exact) mass is 277 g/mol. The largest absolute Gasteiger partial charge is 0.481 e. The van der Waals surface area contributed by atoms with E-state index in [0.29, 0.717) is 17.7 Å². The van der Waals surface area contributed by atoms with Crippen LogP contribution in [0.15, 0.2) is 30.3 Å². The van der Waals surface area contributed by atoms with Crippen molar-refractivity contribution in [2.75, 3.05) is 19.5 Å². The van der Waals surface area contributed by atoms with Crippen LogP contribution in [-0.2, 0) is 0 Å². The van der Waals surface area contributed by atoms with Crippen LogP contribution in [0.5, 0.6) is 11.8 Å². The summed E-state index contributed by atoms with van der Waals surface area (Å²) in [5.41, 5.74) is 0.928. The number of hydrogen-bond donors (Lipinski definition) is 1. The number of anilines is 1. The van der Waals surface area contributed by atoms with Crippen molar-refractivity contribution in [2.24, 2.45) is 0 Å². The Morgan fingerprint density at radius 3 is 2.10 bits per heavy atom. The molecule has 2 aromatic rings. The molecule has 1 aromatic heterocycles. The Balaban J connectivity index is 2.18. The predicted molar refractivity (Wildman–Crippen MR) is 73.6 cm³/mol. The molecular weight excluding hydrogens is 261 g/mol. The second kappa shape index (κ2) is 6.18. The lowest BCUT2D eigenvalue weighted by atomic mass is 10.1. The number of ether oxygens (including phenoxy) is 2. The van der Waals surface area contributed by atoms with Crippen molar-refractivity contribution in [3.63, 3.8) is 0 Å². The highest BCUT2D eigenvalue weighted by molar-refractivity contribution is 5.36. The molecule has 0 radical (unpaired) electrons. The summed E-state index contributed by atoms with van der Waals surface area (Å²) in [6.07, 6.45) is 0. The molecule has 0 aliphatic carbocycles. The molecular formula is C14H16FN3O2. The number of hydrogen-bond acceptors (Lipinski definition) is 5. The van der Waals surface area contributed by atoms with Gasteiger partial charge in [0.1, 0.15) is 5.82 Å². The molecule has 0 aliphatic heterocycles. The maximum Gasteiger partial charge on any atom is 0.229 e. The van der Waals surface area contributed by atoms with Gasteiger partial charge >= 0.3 is 0 Å². The number of aromatic nitrogens is 2. The molecule has 1 N–H and O–H groups in total. The first-order chi connectivity index (χ1) is 9.62. The minimum Gasteiger partial charge on any atom is -0.481 e. The number of nitrogens with zero attached hydrogens (tertiary/aromatic N) is 2. The molecule has 0 amide bonds. The van der Waals surface area contributed by atoms with E-state index < -0.39 is 0 Å². The zero-order valence-corrected chi connectivity index (χ0v) is 11.6. The molecule has 0 aliphatic rings. The highest BCUT2D eigenvalue weighted by atomic mass is 19.1. The molecule has 1 unspecified atom stereocenters. The predicted octanol–water partition coefficient (Wildman–Crippen LogP) is 2.81. The summed E-state index contributed by atoms with van der Waals surface area (Å²) >= 11 is 0. The Morgan fingerprint density at radius 2 is 1.60 bits per heavy atom. The molecule has 5 nitrogen and oxygen atoms in total. The van der Waals surface area contributed by atoms with E-state index in [1.165, 1.54) is 26.4 Å². The van der Waals surface area contributed by atoms with Crippen LogP contribution in [0, 0.1) is 5.82 Å². The van der Waals surface area contributed by atoms with Crippen LogP contribution in [-0.4, -0.2) is 24.2 Å². The van der Waals surface area contributed by atoms with Gasteiger partial charge in [-0.25, -0.2) is 4.39 Å². The smallest absolute Gasteiger partial charge is 0.229 e. The summed E-state index contributed by atoms with van der Waals surface area (Å²) in [7, 11) is 3.05. The average molecular weight is 277 g/mol. The minimum absolute atomic E-state index is 0.0765. The summed E-state index contributed by atoms with van der Waals surface area (Å²) in [6, 6.07) is 7.77. The van der Waals surface area contributed by atoms with Crippen molar-refractivity contribution in [1.82, 2.24) is 9.97 Å². The molecule has 0 saturated carbocycles. The van der Waals surface area contributed by atoms with Crippen LogP contribution < -0.4 is 14.8 Å². The summed E-state index contributed by atoms with van der Waals surface area (Å²) < 4.78 is 23.1. The Hall–Kier alpha value is -2.37. The molecule has 0 fully saturated rings. The lowest BCUT2D eigenvalue weighted by Crippen LogP contribution is -2.10. The van der Waals surface area contributed by atoms with Gasteiger partial charge in [-0.05, 0) is 24.6 Å². The SMILES string of the molecule is COc1cc(OC)nc(NC(C)c2ccc(F)cc2)n1. The first kappa shape index (κ1) is 14.0. The summed E-state index contributed by atoms with van der Waals surface area (Å²) in [5, 5.41) is 3.12. The number of methoxy groups -OCH3 is 2. The third-order valence-electron chi connectivity index (χ3n) is 2.81. The fourth-order valence-electron chi connectivity index (χ4n) is 1.71. The Labute approximate surface area is 116 Å². The van der Waals surface area contributed by atoms with E-state index >= 15 is 0 Å². The zero-order valence-electron chi connectivity index (χ0n) is 11.6. The lowest BCUT2D eigenvalue weighted by molar-refractivity contribution is 0.372. The van der Waals surface area contributed by atoms with Crippen molar-refractivity contribution in [3.8, 4) is 11.8 Å². The Bertz CT molecular complexity index is 553. The maximum atomic E-state index is 12.9. The first-order valence-corrected chi connectivity index (χ1v) is 6.11. The average Bonchev–Trinajstić information content (AvgIpc) is 2.47. The third-order valence-corrected chi connectivity index (χ3v) is 2.81. The highest BCUT2D eigenvalue weighted by Gasteiger charge is 2.10. The van der Waals surface area contributed by atoms with E-state index in [-0.39, 0.29) is 11.9 Å². The summed E-state index contributed by atoms with van der Waals surface area (Å²) in [5.74, 6) is 0.939. The van der Waals surface area contributed by atoms with Gasteiger partial charge in [0, 0.05) is 0 Å². The van der Waals surface area contributed by atoms with Crippen LogP contribution in [0.3, 0.4) is 0 Å². The normalized spacial score (nSPS) is 11.8. The van der Waals surface area contributed by atoms with E-state index in [1.807, 2.05) is 6.92 Å². The molecule has 2 rings (SSSR count). The van der Waals surface area contributed by atoms with Gasteiger partial charge in [0.05, 0.1) is 26.3 Å². The van der Waals surface area contributed by atoms with Gasteiger partial charge < -0.3 is 14.8 Å². The van der Waals surface area contributed by atoms with Crippen molar-refractivity contribution >= 4 is 5.95 Å². The quantitative estimate of drug-likeness (QED) is 0.910. The molecule has 106 valence electrons. The lowest BCUT2D eigenvalue weighted by Gasteiger charge is -2.15. The van der Waals surface area contributed by atoms with Gasteiger partial charge in [0.25, 0.3) is 0 Å². The maximum absolute atomic E-state index is 12.9. The Kier molecular flexibility index (Phi) is 4.34. The summed E-state index contributed by atoms with van der Waals surface area (Å²) in [4.78, 5) is 8.37. The molecule has 1 heterocycles. The van der Waals surface area contributed by atoms with Crippen molar-refractivity contribution in [1.29, 1.82) is 0 Å². The van der Waals surface area contributed by atoms with Gasteiger partial charge in [-0.2, -0.15) is 9.97 Å².